The molecule has 0 bridgehead atoms. The van der Waals surface area contributed by atoms with Crippen molar-refractivity contribution < 1.29 is 28.9 Å². The number of ether oxygens (including phenoxy) is 3. The van der Waals surface area contributed by atoms with E-state index in [-0.39, 0.29) is 11.3 Å². The minimum Gasteiger partial charge on any atom is -0.507 e. The minimum absolute atomic E-state index is 0.0421. The van der Waals surface area contributed by atoms with Gasteiger partial charge in [-0.2, -0.15) is 0 Å². The molecule has 7 heteroatoms. The summed E-state index contributed by atoms with van der Waals surface area (Å²) in [6.07, 6.45) is 2.19. The SMILES string of the molecule is C=CCOc1ccc(/C(O)=C2\C(=O)C(=O)N(CCCOC)C2c2cccc(OC)c2)cc1. The maximum atomic E-state index is 13.0. The Morgan fingerprint density at radius 3 is 2.53 bits per heavy atom. The molecule has 1 heterocycles. The standard InChI is InChI=1S/C25H27NO6/c1-4-14-32-19-11-9-17(10-12-19)23(27)21-22(18-7-5-8-20(16-18)31-3)26(13-6-15-30-2)25(29)24(21)28/h4-5,7-12,16,22,27H,1,6,13-15H2,2-3H3/b23-21+. The first-order valence-electron chi connectivity index (χ1n) is 10.3. The first kappa shape index (κ1) is 23.1. The van der Waals surface area contributed by atoms with Gasteiger partial charge in [0.1, 0.15) is 23.9 Å². The van der Waals surface area contributed by atoms with E-state index >= 15 is 0 Å². The summed E-state index contributed by atoms with van der Waals surface area (Å²) in [5.74, 6) is -0.415. The van der Waals surface area contributed by atoms with Crippen LogP contribution in [0.15, 0.2) is 66.8 Å². The number of ketones is 1. The van der Waals surface area contributed by atoms with Crippen molar-refractivity contribution in [3.63, 3.8) is 0 Å². The molecule has 0 radical (unpaired) electrons. The summed E-state index contributed by atoms with van der Waals surface area (Å²) in [4.78, 5) is 27.4. The Hall–Kier alpha value is -3.58. The number of aliphatic hydroxyl groups excluding tert-OH is 1. The lowest BCUT2D eigenvalue weighted by molar-refractivity contribution is -0.140. The number of likely N-dealkylation sites (tertiary alicyclic amines) is 1. The van der Waals surface area contributed by atoms with Crippen LogP contribution in [-0.4, -0.2) is 55.7 Å². The highest BCUT2D eigenvalue weighted by atomic mass is 16.5. The number of hydrogen-bond acceptors (Lipinski definition) is 6. The van der Waals surface area contributed by atoms with Crippen LogP contribution in [0.5, 0.6) is 11.5 Å². The zero-order valence-corrected chi connectivity index (χ0v) is 18.2. The first-order valence-corrected chi connectivity index (χ1v) is 10.3. The van der Waals surface area contributed by atoms with E-state index in [1.807, 2.05) is 6.07 Å². The van der Waals surface area contributed by atoms with Crippen LogP contribution in [0.4, 0.5) is 0 Å². The quantitative estimate of drug-likeness (QED) is 0.201. The highest BCUT2D eigenvalue weighted by Crippen LogP contribution is 2.40. The summed E-state index contributed by atoms with van der Waals surface area (Å²) in [5, 5.41) is 11.1. The number of benzene rings is 2. The van der Waals surface area contributed by atoms with Crippen LogP contribution in [0.3, 0.4) is 0 Å². The van der Waals surface area contributed by atoms with Crippen LogP contribution in [0.25, 0.3) is 5.76 Å². The number of amides is 1. The van der Waals surface area contributed by atoms with Gasteiger partial charge in [-0.15, -0.1) is 0 Å². The fraction of sp³-hybridized carbons (Fsp3) is 0.280. The number of hydrogen-bond donors (Lipinski definition) is 1. The molecule has 1 saturated heterocycles. The van der Waals surface area contributed by atoms with E-state index in [0.717, 1.165) is 0 Å². The van der Waals surface area contributed by atoms with Gasteiger partial charge in [0.15, 0.2) is 0 Å². The summed E-state index contributed by atoms with van der Waals surface area (Å²) in [6.45, 7) is 4.72. The van der Waals surface area contributed by atoms with E-state index in [2.05, 4.69) is 6.58 Å². The van der Waals surface area contributed by atoms with Gasteiger partial charge in [-0.05, 0) is 48.4 Å². The van der Waals surface area contributed by atoms with Gasteiger partial charge < -0.3 is 24.2 Å². The summed E-state index contributed by atoms with van der Waals surface area (Å²) in [6, 6.07) is 13.1. The Morgan fingerprint density at radius 1 is 1.12 bits per heavy atom. The second kappa shape index (κ2) is 10.6. The second-order valence-corrected chi connectivity index (χ2v) is 7.24. The molecular weight excluding hydrogens is 410 g/mol. The van der Waals surface area contributed by atoms with Gasteiger partial charge in [0.25, 0.3) is 11.7 Å². The molecule has 0 aromatic heterocycles. The maximum absolute atomic E-state index is 13.0. The molecule has 1 unspecified atom stereocenters. The number of aliphatic hydroxyl groups is 1. The molecule has 3 rings (SSSR count). The highest BCUT2D eigenvalue weighted by molar-refractivity contribution is 6.46. The highest BCUT2D eigenvalue weighted by Gasteiger charge is 2.45. The van der Waals surface area contributed by atoms with Crippen molar-refractivity contribution in [3.05, 3.63) is 77.9 Å². The van der Waals surface area contributed by atoms with Gasteiger partial charge in [0.2, 0.25) is 0 Å². The lowest BCUT2D eigenvalue weighted by Gasteiger charge is -2.25. The summed E-state index contributed by atoms with van der Waals surface area (Å²) in [7, 11) is 3.13. The second-order valence-electron chi connectivity index (χ2n) is 7.24. The molecule has 7 nitrogen and oxygen atoms in total. The smallest absolute Gasteiger partial charge is 0.295 e. The van der Waals surface area contributed by atoms with Crippen LogP contribution < -0.4 is 9.47 Å². The number of carbonyl (C=O) groups excluding carboxylic acids is 2. The van der Waals surface area contributed by atoms with Crippen LogP contribution >= 0.6 is 0 Å². The molecule has 1 atom stereocenters. The molecule has 1 amide bonds. The number of nitrogens with zero attached hydrogens (tertiary/aromatic N) is 1. The van der Waals surface area contributed by atoms with Crippen LogP contribution in [0.2, 0.25) is 0 Å². The maximum Gasteiger partial charge on any atom is 0.295 e. The van der Waals surface area contributed by atoms with Crippen molar-refractivity contribution in [1.29, 1.82) is 0 Å². The van der Waals surface area contributed by atoms with Gasteiger partial charge in [-0.3, -0.25) is 9.59 Å². The number of rotatable bonds is 10. The van der Waals surface area contributed by atoms with Crippen LogP contribution in [0, 0.1) is 0 Å². The van der Waals surface area contributed by atoms with Gasteiger partial charge >= 0.3 is 0 Å². The van der Waals surface area contributed by atoms with Crippen LogP contribution in [-0.2, 0) is 14.3 Å². The van der Waals surface area contributed by atoms with Crippen molar-refractivity contribution in [3.8, 4) is 11.5 Å². The van der Waals surface area contributed by atoms with Gasteiger partial charge in [0, 0.05) is 25.8 Å². The topological polar surface area (TPSA) is 85.3 Å². The normalized spacial score (nSPS) is 17.4. The minimum atomic E-state index is -0.737. The Labute approximate surface area is 187 Å². The molecule has 1 N–H and O–H groups in total. The lowest BCUT2D eigenvalue weighted by Crippen LogP contribution is -2.31. The number of carbonyl (C=O) groups is 2. The van der Waals surface area contributed by atoms with E-state index in [9.17, 15) is 14.7 Å². The predicted molar refractivity (Wildman–Crippen MR) is 121 cm³/mol. The van der Waals surface area contributed by atoms with E-state index in [1.54, 1.807) is 62.8 Å². The van der Waals surface area contributed by atoms with Crippen molar-refractivity contribution in [2.24, 2.45) is 0 Å². The zero-order valence-electron chi connectivity index (χ0n) is 18.2. The zero-order chi connectivity index (χ0) is 23.1. The Balaban J connectivity index is 2.06. The number of Topliss-reactive ketones (excluding diaryl/α,β-unsaturated/α-hetero) is 1. The molecule has 1 fully saturated rings. The van der Waals surface area contributed by atoms with Gasteiger partial charge in [-0.25, -0.2) is 0 Å². The van der Waals surface area contributed by atoms with Crippen molar-refractivity contribution in [2.45, 2.75) is 12.5 Å². The Kier molecular flexibility index (Phi) is 7.68. The molecule has 0 aliphatic carbocycles. The third-order valence-electron chi connectivity index (χ3n) is 5.19. The Bertz CT molecular complexity index is 1010. The third-order valence-corrected chi connectivity index (χ3v) is 5.19. The van der Waals surface area contributed by atoms with Crippen molar-refractivity contribution >= 4 is 17.4 Å². The fourth-order valence-electron chi connectivity index (χ4n) is 3.67. The summed E-state index contributed by atoms with van der Waals surface area (Å²) >= 11 is 0. The summed E-state index contributed by atoms with van der Waals surface area (Å²) < 4.78 is 15.9. The molecule has 2 aromatic rings. The third kappa shape index (κ3) is 4.84. The molecule has 1 aliphatic heterocycles. The van der Waals surface area contributed by atoms with Crippen LogP contribution in [0.1, 0.15) is 23.6 Å². The first-order chi connectivity index (χ1) is 15.5. The average molecular weight is 437 g/mol. The van der Waals surface area contributed by atoms with E-state index in [0.29, 0.717) is 48.8 Å². The molecule has 32 heavy (non-hydrogen) atoms. The predicted octanol–water partition coefficient (Wildman–Crippen LogP) is 3.72. The summed E-state index contributed by atoms with van der Waals surface area (Å²) in [5.41, 5.74) is 1.13. The molecule has 168 valence electrons. The molecule has 1 aliphatic rings. The largest absolute Gasteiger partial charge is 0.507 e. The molecular formula is C25H27NO6. The van der Waals surface area contributed by atoms with Gasteiger partial charge in [0.05, 0.1) is 18.7 Å². The van der Waals surface area contributed by atoms with E-state index in [4.69, 9.17) is 14.2 Å². The lowest BCUT2D eigenvalue weighted by atomic mass is 9.95. The van der Waals surface area contributed by atoms with E-state index in [1.165, 1.54) is 4.90 Å². The van der Waals surface area contributed by atoms with Gasteiger partial charge in [-0.1, -0.05) is 24.8 Å². The monoisotopic (exact) mass is 437 g/mol. The average Bonchev–Trinajstić information content (AvgIpc) is 3.08. The van der Waals surface area contributed by atoms with Crippen molar-refractivity contribution in [2.75, 3.05) is 34.0 Å². The fourth-order valence-corrected chi connectivity index (χ4v) is 3.67. The van der Waals surface area contributed by atoms with Crippen molar-refractivity contribution in [1.82, 2.24) is 4.90 Å². The van der Waals surface area contributed by atoms with E-state index < -0.39 is 17.7 Å². The molecule has 0 spiro atoms. The molecule has 2 aromatic carbocycles. The molecule has 0 saturated carbocycles. The Morgan fingerprint density at radius 2 is 1.88 bits per heavy atom. The number of methoxy groups -OCH3 is 2.